The van der Waals surface area contributed by atoms with Crippen LogP contribution in [0.5, 0.6) is 0 Å². The van der Waals surface area contributed by atoms with Crippen molar-refractivity contribution in [2.45, 2.75) is 38.7 Å². The van der Waals surface area contributed by atoms with Gasteiger partial charge in [0, 0.05) is 31.8 Å². The molecule has 2 unspecified atom stereocenters. The second-order valence-corrected chi connectivity index (χ2v) is 6.22. The lowest BCUT2D eigenvalue weighted by molar-refractivity contribution is 0.0308. The van der Waals surface area contributed by atoms with Gasteiger partial charge >= 0.3 is 0 Å². The van der Waals surface area contributed by atoms with Crippen molar-refractivity contribution in [2.75, 3.05) is 19.7 Å². The highest BCUT2D eigenvalue weighted by Gasteiger charge is 2.50. The molecule has 4 heteroatoms. The van der Waals surface area contributed by atoms with Crippen LogP contribution in [0.15, 0.2) is 12.4 Å². The number of aromatic nitrogens is 2. The summed E-state index contributed by atoms with van der Waals surface area (Å²) in [6.45, 7) is 5.21. The number of nitrogens with one attached hydrogen (secondary N) is 1. The van der Waals surface area contributed by atoms with Gasteiger partial charge in [0.1, 0.15) is 0 Å². The van der Waals surface area contributed by atoms with Gasteiger partial charge in [0.15, 0.2) is 0 Å². The van der Waals surface area contributed by atoms with Crippen molar-refractivity contribution in [2.24, 2.45) is 18.4 Å². The van der Waals surface area contributed by atoms with Crippen molar-refractivity contribution in [3.05, 3.63) is 18.0 Å². The standard InChI is InChI=1S/C15H25N3O/c1-3-16-11-15(8-12-9-17-18(2)10-12)6-7-19-14(15)13-4-5-13/h9-10,13-14,16H,3-8,11H2,1-2H3. The zero-order chi connectivity index (χ0) is 13.3. The van der Waals surface area contributed by atoms with Crippen molar-refractivity contribution < 1.29 is 4.74 Å². The zero-order valence-corrected chi connectivity index (χ0v) is 12.1. The van der Waals surface area contributed by atoms with Gasteiger partial charge in [-0.05, 0) is 43.7 Å². The quantitative estimate of drug-likeness (QED) is 0.850. The molecule has 1 aliphatic carbocycles. The van der Waals surface area contributed by atoms with Crippen molar-refractivity contribution in [1.82, 2.24) is 15.1 Å². The van der Waals surface area contributed by atoms with Gasteiger partial charge < -0.3 is 10.1 Å². The molecule has 1 aromatic rings. The molecule has 106 valence electrons. The lowest BCUT2D eigenvalue weighted by Crippen LogP contribution is -2.43. The van der Waals surface area contributed by atoms with E-state index >= 15 is 0 Å². The van der Waals surface area contributed by atoms with Gasteiger partial charge in [-0.25, -0.2) is 0 Å². The molecule has 1 saturated heterocycles. The Morgan fingerprint density at radius 2 is 2.37 bits per heavy atom. The molecule has 1 aromatic heterocycles. The third kappa shape index (κ3) is 2.70. The van der Waals surface area contributed by atoms with Gasteiger partial charge in [-0.15, -0.1) is 0 Å². The summed E-state index contributed by atoms with van der Waals surface area (Å²) >= 11 is 0. The number of hydrogen-bond acceptors (Lipinski definition) is 3. The molecule has 1 saturated carbocycles. The van der Waals surface area contributed by atoms with E-state index in [4.69, 9.17) is 4.74 Å². The first kappa shape index (κ1) is 13.1. The van der Waals surface area contributed by atoms with Gasteiger partial charge in [0.05, 0.1) is 12.3 Å². The minimum absolute atomic E-state index is 0.278. The van der Waals surface area contributed by atoms with E-state index in [1.165, 1.54) is 24.8 Å². The summed E-state index contributed by atoms with van der Waals surface area (Å²) in [7, 11) is 1.99. The molecular formula is C15H25N3O. The van der Waals surface area contributed by atoms with Crippen molar-refractivity contribution >= 4 is 0 Å². The van der Waals surface area contributed by atoms with E-state index in [9.17, 15) is 0 Å². The van der Waals surface area contributed by atoms with Gasteiger partial charge in [-0.3, -0.25) is 4.68 Å². The van der Waals surface area contributed by atoms with Gasteiger partial charge in [0.2, 0.25) is 0 Å². The van der Waals surface area contributed by atoms with E-state index in [0.29, 0.717) is 6.10 Å². The van der Waals surface area contributed by atoms with Gasteiger partial charge in [-0.2, -0.15) is 5.10 Å². The number of hydrogen-bond donors (Lipinski definition) is 1. The molecule has 4 nitrogen and oxygen atoms in total. The first-order valence-corrected chi connectivity index (χ1v) is 7.53. The summed E-state index contributed by atoms with van der Waals surface area (Å²) in [5.74, 6) is 0.804. The molecule has 2 atom stereocenters. The maximum atomic E-state index is 6.10. The molecule has 0 aromatic carbocycles. The molecule has 2 heterocycles. The molecular weight excluding hydrogens is 238 g/mol. The topological polar surface area (TPSA) is 39.1 Å². The molecule has 3 rings (SSSR count). The second kappa shape index (κ2) is 5.25. The Balaban J connectivity index is 1.78. The Labute approximate surface area is 115 Å². The van der Waals surface area contributed by atoms with Crippen LogP contribution in [0.2, 0.25) is 0 Å². The number of ether oxygens (including phenoxy) is 1. The summed E-state index contributed by atoms with van der Waals surface area (Å²) in [6, 6.07) is 0. The Morgan fingerprint density at radius 1 is 1.53 bits per heavy atom. The van der Waals surface area contributed by atoms with Crippen LogP contribution in [0.3, 0.4) is 0 Å². The molecule has 2 fully saturated rings. The normalized spacial score (nSPS) is 30.9. The average molecular weight is 263 g/mol. The van der Waals surface area contributed by atoms with Gasteiger partial charge in [0.25, 0.3) is 0 Å². The van der Waals surface area contributed by atoms with Crippen molar-refractivity contribution in [3.63, 3.8) is 0 Å². The number of rotatable bonds is 6. The molecule has 0 radical (unpaired) electrons. The Morgan fingerprint density at radius 3 is 3.00 bits per heavy atom. The first-order chi connectivity index (χ1) is 9.23. The molecule has 0 spiro atoms. The molecule has 0 amide bonds. The fourth-order valence-corrected chi connectivity index (χ4v) is 3.53. The van der Waals surface area contributed by atoms with Gasteiger partial charge in [-0.1, -0.05) is 6.92 Å². The second-order valence-electron chi connectivity index (χ2n) is 6.22. The van der Waals surface area contributed by atoms with E-state index in [2.05, 4.69) is 23.5 Å². The zero-order valence-electron chi connectivity index (χ0n) is 12.1. The van der Waals surface area contributed by atoms with Crippen molar-refractivity contribution in [1.29, 1.82) is 0 Å². The van der Waals surface area contributed by atoms with E-state index in [1.54, 1.807) is 0 Å². The van der Waals surface area contributed by atoms with Crippen LogP contribution in [0, 0.1) is 11.3 Å². The lowest BCUT2D eigenvalue weighted by Gasteiger charge is -2.34. The fourth-order valence-electron chi connectivity index (χ4n) is 3.53. The summed E-state index contributed by atoms with van der Waals surface area (Å²) in [6.07, 6.45) is 9.58. The molecule has 0 bridgehead atoms. The number of aryl methyl sites for hydroxylation is 1. The summed E-state index contributed by atoms with van der Waals surface area (Å²) < 4.78 is 8.00. The van der Waals surface area contributed by atoms with Crippen LogP contribution in [-0.2, 0) is 18.2 Å². The third-order valence-corrected chi connectivity index (χ3v) is 4.59. The van der Waals surface area contributed by atoms with Crippen LogP contribution in [0.25, 0.3) is 0 Å². The van der Waals surface area contributed by atoms with Crippen LogP contribution in [0.4, 0.5) is 0 Å². The molecule has 19 heavy (non-hydrogen) atoms. The average Bonchev–Trinajstić information content (AvgIpc) is 3.04. The lowest BCUT2D eigenvalue weighted by atomic mass is 9.74. The van der Waals surface area contributed by atoms with E-state index < -0.39 is 0 Å². The number of nitrogens with zero attached hydrogens (tertiary/aromatic N) is 2. The predicted octanol–water partition coefficient (Wildman–Crippen LogP) is 1.76. The Kier molecular flexibility index (Phi) is 3.63. The molecule has 2 aliphatic rings. The summed E-state index contributed by atoms with van der Waals surface area (Å²) in [5.41, 5.74) is 1.62. The third-order valence-electron chi connectivity index (χ3n) is 4.59. The maximum absolute atomic E-state index is 6.10. The highest BCUT2D eigenvalue weighted by atomic mass is 16.5. The monoisotopic (exact) mass is 263 g/mol. The summed E-state index contributed by atoms with van der Waals surface area (Å²) in [4.78, 5) is 0. The fraction of sp³-hybridized carbons (Fsp3) is 0.800. The summed E-state index contributed by atoms with van der Waals surface area (Å²) in [5, 5.41) is 7.87. The largest absolute Gasteiger partial charge is 0.377 e. The molecule has 1 N–H and O–H groups in total. The predicted molar refractivity (Wildman–Crippen MR) is 75.0 cm³/mol. The molecule has 1 aliphatic heterocycles. The van der Waals surface area contributed by atoms with E-state index in [-0.39, 0.29) is 5.41 Å². The maximum Gasteiger partial charge on any atom is 0.0675 e. The van der Waals surface area contributed by atoms with Crippen LogP contribution >= 0.6 is 0 Å². The smallest absolute Gasteiger partial charge is 0.0675 e. The SMILES string of the molecule is CCNCC1(Cc2cnn(C)c2)CCOC1C1CC1. The van der Waals surface area contributed by atoms with Crippen LogP contribution < -0.4 is 5.32 Å². The Hall–Kier alpha value is -0.870. The van der Waals surface area contributed by atoms with E-state index in [1.807, 2.05) is 17.9 Å². The highest BCUT2D eigenvalue weighted by Crippen LogP contribution is 2.49. The van der Waals surface area contributed by atoms with E-state index in [0.717, 1.165) is 32.0 Å². The highest BCUT2D eigenvalue weighted by molar-refractivity contribution is 5.12. The van der Waals surface area contributed by atoms with Crippen LogP contribution in [0.1, 0.15) is 31.7 Å². The minimum atomic E-state index is 0.278. The van der Waals surface area contributed by atoms with Crippen molar-refractivity contribution in [3.8, 4) is 0 Å². The minimum Gasteiger partial charge on any atom is -0.377 e. The Bertz CT molecular complexity index is 427. The van der Waals surface area contributed by atoms with Crippen LogP contribution in [-0.4, -0.2) is 35.6 Å². The first-order valence-electron chi connectivity index (χ1n) is 7.53.